The first kappa shape index (κ1) is 16.1. The summed E-state index contributed by atoms with van der Waals surface area (Å²) in [6, 6.07) is 7.52. The van der Waals surface area contributed by atoms with Gasteiger partial charge >= 0.3 is 6.09 Å². The molecule has 20 heavy (non-hydrogen) atoms. The number of carbonyl (C=O) groups excluding carboxylic acids is 1. The van der Waals surface area contributed by atoms with Crippen molar-refractivity contribution in [2.45, 2.75) is 26.4 Å². The number of alkyl carbamates (subject to hydrolysis) is 1. The fraction of sp³-hybridized carbons (Fsp3) is 0.333. The minimum absolute atomic E-state index is 0.411. The molecule has 0 aliphatic rings. The Morgan fingerprint density at radius 3 is 2.60 bits per heavy atom. The first-order chi connectivity index (χ1) is 9.40. The Labute approximate surface area is 124 Å². The van der Waals surface area contributed by atoms with Gasteiger partial charge in [-0.2, -0.15) is 4.99 Å². The predicted molar refractivity (Wildman–Crippen MR) is 84.4 cm³/mol. The van der Waals surface area contributed by atoms with E-state index in [9.17, 15) is 4.79 Å². The summed E-state index contributed by atoms with van der Waals surface area (Å²) in [5, 5.41) is 4.97. The van der Waals surface area contributed by atoms with Crippen LogP contribution in [0, 0.1) is 0 Å². The van der Waals surface area contributed by atoms with Crippen LogP contribution in [0.5, 0.6) is 0 Å². The van der Waals surface area contributed by atoms with Crippen LogP contribution in [0.2, 0.25) is 0 Å². The van der Waals surface area contributed by atoms with Crippen molar-refractivity contribution in [2.75, 3.05) is 6.54 Å². The number of hydrogen-bond acceptors (Lipinski definition) is 4. The average molecular weight is 290 g/mol. The molecule has 0 radical (unpaired) electrons. The highest BCUT2D eigenvalue weighted by molar-refractivity contribution is 7.78. The molecule has 0 aliphatic carbocycles. The van der Waals surface area contributed by atoms with Crippen molar-refractivity contribution < 1.29 is 9.53 Å². The maximum Gasteiger partial charge on any atom is 0.407 e. The van der Waals surface area contributed by atoms with Gasteiger partial charge in [0.25, 0.3) is 0 Å². The van der Waals surface area contributed by atoms with E-state index in [4.69, 9.17) is 4.74 Å². The van der Waals surface area contributed by atoms with E-state index in [1.165, 1.54) is 0 Å². The molecule has 0 saturated heterocycles. The zero-order valence-corrected chi connectivity index (χ0v) is 12.7. The number of isothiocyanates is 1. The van der Waals surface area contributed by atoms with Gasteiger partial charge in [0.1, 0.15) is 5.60 Å². The molecule has 0 aliphatic heterocycles. The fourth-order valence-corrected chi connectivity index (χ4v) is 1.47. The molecule has 0 unspecified atom stereocenters. The summed E-state index contributed by atoms with van der Waals surface area (Å²) >= 11 is 4.53. The predicted octanol–water partition coefficient (Wildman–Crippen LogP) is 3.96. The molecule has 0 atom stereocenters. The number of benzene rings is 1. The van der Waals surface area contributed by atoms with Gasteiger partial charge in [-0.05, 0) is 50.7 Å². The molecule has 0 bridgehead atoms. The molecule has 0 spiro atoms. The zero-order valence-electron chi connectivity index (χ0n) is 11.8. The van der Waals surface area contributed by atoms with Crippen LogP contribution < -0.4 is 5.32 Å². The molecule has 1 aromatic rings. The molecule has 0 heterocycles. The minimum Gasteiger partial charge on any atom is -0.444 e. The Morgan fingerprint density at radius 2 is 2.05 bits per heavy atom. The van der Waals surface area contributed by atoms with Crippen LogP contribution in [-0.2, 0) is 4.74 Å². The first-order valence-corrected chi connectivity index (χ1v) is 6.63. The number of aliphatic imine (C=N–C) groups is 1. The number of hydrogen-bond donors (Lipinski definition) is 1. The van der Waals surface area contributed by atoms with Gasteiger partial charge < -0.3 is 10.1 Å². The van der Waals surface area contributed by atoms with E-state index in [1.54, 1.807) is 0 Å². The molecule has 5 heteroatoms. The Hall–Kier alpha value is -1.97. The van der Waals surface area contributed by atoms with Crippen LogP contribution >= 0.6 is 12.2 Å². The van der Waals surface area contributed by atoms with Crippen molar-refractivity contribution in [1.82, 2.24) is 5.32 Å². The van der Waals surface area contributed by atoms with Gasteiger partial charge in [-0.1, -0.05) is 24.3 Å². The Morgan fingerprint density at radius 1 is 1.40 bits per heavy atom. The van der Waals surface area contributed by atoms with Crippen molar-refractivity contribution in [3.05, 3.63) is 35.9 Å². The van der Waals surface area contributed by atoms with Gasteiger partial charge in [0, 0.05) is 6.54 Å². The maximum absolute atomic E-state index is 11.4. The Kier molecular flexibility index (Phi) is 6.10. The topological polar surface area (TPSA) is 50.7 Å². The normalized spacial score (nSPS) is 10.9. The van der Waals surface area contributed by atoms with Gasteiger partial charge in [-0.25, -0.2) is 4.79 Å². The van der Waals surface area contributed by atoms with Crippen LogP contribution in [0.4, 0.5) is 10.5 Å². The second-order valence-corrected chi connectivity index (χ2v) is 5.26. The number of nitrogens with one attached hydrogen (secondary N) is 1. The molecule has 1 amide bonds. The van der Waals surface area contributed by atoms with E-state index in [-0.39, 0.29) is 0 Å². The highest BCUT2D eigenvalue weighted by Gasteiger charge is 2.14. The van der Waals surface area contributed by atoms with Crippen LogP contribution in [0.1, 0.15) is 26.3 Å². The second-order valence-electron chi connectivity index (χ2n) is 5.08. The van der Waals surface area contributed by atoms with Crippen LogP contribution in [0.15, 0.2) is 35.3 Å². The third-order valence-electron chi connectivity index (χ3n) is 2.14. The molecular formula is C15H18N2O2S. The lowest BCUT2D eigenvalue weighted by molar-refractivity contribution is 0.0534. The summed E-state index contributed by atoms with van der Waals surface area (Å²) < 4.78 is 5.12. The molecule has 1 N–H and O–H groups in total. The van der Waals surface area contributed by atoms with E-state index in [1.807, 2.05) is 57.2 Å². The van der Waals surface area contributed by atoms with E-state index in [2.05, 4.69) is 27.7 Å². The summed E-state index contributed by atoms with van der Waals surface area (Å²) in [5.74, 6) is 0. The lowest BCUT2D eigenvalue weighted by Gasteiger charge is -2.19. The second kappa shape index (κ2) is 7.58. The van der Waals surface area contributed by atoms with Crippen molar-refractivity contribution in [3.8, 4) is 0 Å². The largest absolute Gasteiger partial charge is 0.444 e. The fourth-order valence-electron chi connectivity index (χ4n) is 1.36. The van der Waals surface area contributed by atoms with Crippen molar-refractivity contribution >= 4 is 35.2 Å². The monoisotopic (exact) mass is 290 g/mol. The number of nitrogens with zero attached hydrogens (tertiary/aromatic N) is 1. The molecular weight excluding hydrogens is 272 g/mol. The standard InChI is InChI=1S/C15H18N2O2S/c1-15(2,3)19-14(18)16-10-4-5-12-6-8-13(9-7-12)17-11-20/h4-9H,10H2,1-3H3,(H,16,18). The van der Waals surface area contributed by atoms with E-state index in [0.29, 0.717) is 6.54 Å². The summed E-state index contributed by atoms with van der Waals surface area (Å²) in [6.45, 7) is 5.89. The zero-order chi connectivity index (χ0) is 15.0. The Bertz CT molecular complexity index is 524. The van der Waals surface area contributed by atoms with Crippen LogP contribution in [0.25, 0.3) is 6.08 Å². The summed E-state index contributed by atoms with van der Waals surface area (Å²) in [4.78, 5) is 15.3. The third-order valence-corrected chi connectivity index (χ3v) is 2.23. The third kappa shape index (κ3) is 6.83. The van der Waals surface area contributed by atoms with E-state index >= 15 is 0 Å². The SMILES string of the molecule is CC(C)(C)OC(=O)NCC=Cc1ccc(N=C=S)cc1. The van der Waals surface area contributed by atoms with Crippen molar-refractivity contribution in [1.29, 1.82) is 0 Å². The molecule has 0 aromatic heterocycles. The first-order valence-electron chi connectivity index (χ1n) is 6.22. The van der Waals surface area contributed by atoms with Gasteiger partial charge in [0.15, 0.2) is 0 Å². The van der Waals surface area contributed by atoms with Gasteiger partial charge in [-0.15, -0.1) is 0 Å². The number of rotatable bonds is 4. The molecule has 0 saturated carbocycles. The number of thiocarbonyl (C=S) groups is 1. The lowest BCUT2D eigenvalue weighted by Crippen LogP contribution is -2.32. The number of carbonyl (C=O) groups is 1. The molecule has 0 fully saturated rings. The number of amides is 1. The van der Waals surface area contributed by atoms with Crippen molar-refractivity contribution in [2.24, 2.45) is 4.99 Å². The average Bonchev–Trinajstić information content (AvgIpc) is 2.35. The Balaban J connectivity index is 2.41. The van der Waals surface area contributed by atoms with Crippen molar-refractivity contribution in [3.63, 3.8) is 0 Å². The molecule has 1 aromatic carbocycles. The van der Waals surface area contributed by atoms with Gasteiger partial charge in [-0.3, -0.25) is 0 Å². The smallest absolute Gasteiger partial charge is 0.407 e. The van der Waals surface area contributed by atoms with Crippen LogP contribution in [-0.4, -0.2) is 23.4 Å². The van der Waals surface area contributed by atoms with Crippen LogP contribution in [0.3, 0.4) is 0 Å². The summed E-state index contributed by atoms with van der Waals surface area (Å²) in [7, 11) is 0. The maximum atomic E-state index is 11.4. The summed E-state index contributed by atoms with van der Waals surface area (Å²) in [5.41, 5.74) is 1.30. The highest BCUT2D eigenvalue weighted by atomic mass is 32.1. The molecule has 1 rings (SSSR count). The van der Waals surface area contributed by atoms with Gasteiger partial charge in [0.2, 0.25) is 0 Å². The highest BCUT2D eigenvalue weighted by Crippen LogP contribution is 2.13. The van der Waals surface area contributed by atoms with Gasteiger partial charge in [0.05, 0.1) is 10.8 Å². The summed E-state index contributed by atoms with van der Waals surface area (Å²) in [6.07, 6.45) is 3.33. The number of ether oxygens (including phenoxy) is 1. The van der Waals surface area contributed by atoms with E-state index < -0.39 is 11.7 Å². The van der Waals surface area contributed by atoms with E-state index in [0.717, 1.165) is 11.3 Å². The molecule has 4 nitrogen and oxygen atoms in total. The lowest BCUT2D eigenvalue weighted by atomic mass is 10.2. The molecule has 106 valence electrons. The minimum atomic E-state index is -0.480. The quantitative estimate of drug-likeness (QED) is 0.674.